The van der Waals surface area contributed by atoms with E-state index >= 15 is 0 Å². The predicted octanol–water partition coefficient (Wildman–Crippen LogP) is 2.35. The number of piperazine rings is 1. The lowest BCUT2D eigenvalue weighted by atomic mass is 10.1. The molecule has 1 aliphatic heterocycles. The van der Waals surface area contributed by atoms with E-state index in [1.807, 2.05) is 32.0 Å². The van der Waals surface area contributed by atoms with Gasteiger partial charge in [-0.15, -0.1) is 0 Å². The van der Waals surface area contributed by atoms with E-state index in [0.29, 0.717) is 5.75 Å². The molecule has 3 rings (SSSR count). The van der Waals surface area contributed by atoms with E-state index in [1.165, 1.54) is 16.4 Å². The number of nitrogens with zero attached hydrogens (tertiary/aromatic N) is 2. The van der Waals surface area contributed by atoms with Gasteiger partial charge in [0.05, 0.1) is 4.90 Å². The molecule has 0 N–H and O–H groups in total. The maximum absolute atomic E-state index is 13.0. The number of carbonyl (C=O) groups is 1. The van der Waals surface area contributed by atoms with Gasteiger partial charge in [-0.1, -0.05) is 6.07 Å². The zero-order chi connectivity index (χ0) is 20.3. The molecule has 1 heterocycles. The molecular formula is C20H23FN2O4S. The van der Waals surface area contributed by atoms with Crippen molar-refractivity contribution in [3.8, 4) is 5.75 Å². The van der Waals surface area contributed by atoms with Crippen LogP contribution in [0.25, 0.3) is 0 Å². The van der Waals surface area contributed by atoms with Gasteiger partial charge >= 0.3 is 0 Å². The van der Waals surface area contributed by atoms with Crippen LogP contribution in [0.5, 0.6) is 5.75 Å². The van der Waals surface area contributed by atoms with Crippen molar-refractivity contribution in [1.29, 1.82) is 0 Å². The minimum absolute atomic E-state index is 0.0480. The Balaban J connectivity index is 1.55. The highest BCUT2D eigenvalue weighted by Gasteiger charge is 2.30. The highest BCUT2D eigenvalue weighted by Crippen LogP contribution is 2.19. The van der Waals surface area contributed by atoms with Crippen LogP contribution in [0.1, 0.15) is 11.1 Å². The second kappa shape index (κ2) is 8.28. The number of aryl methyl sites for hydroxylation is 2. The van der Waals surface area contributed by atoms with Gasteiger partial charge in [0, 0.05) is 26.2 Å². The first kappa shape index (κ1) is 20.3. The van der Waals surface area contributed by atoms with Crippen molar-refractivity contribution in [3.63, 3.8) is 0 Å². The number of halogens is 1. The Bertz CT molecular complexity index is 932. The third-order valence-electron chi connectivity index (χ3n) is 4.60. The molecule has 0 bridgehead atoms. The summed E-state index contributed by atoms with van der Waals surface area (Å²) in [6.07, 6.45) is 0. The Kier molecular flexibility index (Phi) is 6.00. The molecule has 0 radical (unpaired) electrons. The van der Waals surface area contributed by atoms with Gasteiger partial charge in [0.2, 0.25) is 10.0 Å². The average molecular weight is 406 g/mol. The number of ether oxygens (including phenoxy) is 1. The fraction of sp³-hybridized carbons (Fsp3) is 0.350. The van der Waals surface area contributed by atoms with Crippen molar-refractivity contribution >= 4 is 15.9 Å². The van der Waals surface area contributed by atoms with Crippen LogP contribution in [0.3, 0.4) is 0 Å². The van der Waals surface area contributed by atoms with Gasteiger partial charge in [-0.3, -0.25) is 4.79 Å². The van der Waals surface area contributed by atoms with Gasteiger partial charge in [-0.05, 0) is 61.4 Å². The lowest BCUT2D eigenvalue weighted by molar-refractivity contribution is -0.134. The molecule has 0 aromatic heterocycles. The highest BCUT2D eigenvalue weighted by molar-refractivity contribution is 7.89. The van der Waals surface area contributed by atoms with E-state index in [9.17, 15) is 17.6 Å². The van der Waals surface area contributed by atoms with Gasteiger partial charge in [0.1, 0.15) is 11.6 Å². The summed E-state index contributed by atoms with van der Waals surface area (Å²) < 4.78 is 45.2. The van der Waals surface area contributed by atoms with Gasteiger partial charge in [0.25, 0.3) is 5.91 Å². The molecule has 0 saturated carbocycles. The smallest absolute Gasteiger partial charge is 0.260 e. The maximum Gasteiger partial charge on any atom is 0.260 e. The number of sulfonamides is 1. The van der Waals surface area contributed by atoms with Crippen molar-refractivity contribution in [2.24, 2.45) is 0 Å². The van der Waals surface area contributed by atoms with Crippen molar-refractivity contribution in [3.05, 3.63) is 59.4 Å². The molecule has 0 aliphatic carbocycles. The lowest BCUT2D eigenvalue weighted by Gasteiger charge is -2.34. The van der Waals surface area contributed by atoms with E-state index in [4.69, 9.17) is 4.74 Å². The van der Waals surface area contributed by atoms with Crippen LogP contribution in [0.15, 0.2) is 47.4 Å². The molecule has 1 saturated heterocycles. The number of carbonyl (C=O) groups excluding carboxylic acids is 1. The standard InChI is InChI=1S/C20H23FN2O4S/c1-15-11-16(2)13-18(12-15)27-14-20(24)22-7-9-23(10-8-22)28(25,26)19-5-3-17(21)4-6-19/h3-6,11-13H,7-10,14H2,1-2H3. The number of hydrogen-bond donors (Lipinski definition) is 0. The molecule has 6 nitrogen and oxygen atoms in total. The summed E-state index contributed by atoms with van der Waals surface area (Å²) in [6.45, 7) is 4.79. The molecule has 8 heteroatoms. The zero-order valence-electron chi connectivity index (χ0n) is 15.9. The first-order valence-corrected chi connectivity index (χ1v) is 10.4. The Morgan fingerprint density at radius 1 is 1.00 bits per heavy atom. The summed E-state index contributed by atoms with van der Waals surface area (Å²) in [4.78, 5) is 14.0. The quantitative estimate of drug-likeness (QED) is 0.765. The van der Waals surface area contributed by atoms with E-state index in [0.717, 1.165) is 23.3 Å². The van der Waals surface area contributed by atoms with Crippen LogP contribution >= 0.6 is 0 Å². The number of hydrogen-bond acceptors (Lipinski definition) is 4. The third kappa shape index (κ3) is 4.69. The fourth-order valence-corrected chi connectivity index (χ4v) is 4.61. The predicted molar refractivity (Wildman–Crippen MR) is 103 cm³/mol. The van der Waals surface area contributed by atoms with Crippen LogP contribution in [-0.2, 0) is 14.8 Å². The van der Waals surface area contributed by atoms with E-state index < -0.39 is 15.8 Å². The van der Waals surface area contributed by atoms with Gasteiger partial charge in [0.15, 0.2) is 6.61 Å². The average Bonchev–Trinajstić information content (AvgIpc) is 2.66. The molecule has 1 fully saturated rings. The van der Waals surface area contributed by atoms with Crippen molar-refractivity contribution < 1.29 is 22.3 Å². The molecule has 2 aromatic rings. The summed E-state index contributed by atoms with van der Waals surface area (Å²) in [5, 5.41) is 0. The van der Waals surface area contributed by atoms with Crippen molar-refractivity contribution in [2.75, 3.05) is 32.8 Å². The van der Waals surface area contributed by atoms with Crippen LogP contribution in [0.2, 0.25) is 0 Å². The van der Waals surface area contributed by atoms with Crippen LogP contribution in [-0.4, -0.2) is 56.3 Å². The lowest BCUT2D eigenvalue weighted by Crippen LogP contribution is -2.51. The molecule has 28 heavy (non-hydrogen) atoms. The van der Waals surface area contributed by atoms with Crippen LogP contribution < -0.4 is 4.74 Å². The van der Waals surface area contributed by atoms with Crippen LogP contribution in [0.4, 0.5) is 4.39 Å². The molecule has 1 aliphatic rings. The second-order valence-corrected chi connectivity index (χ2v) is 8.79. The molecule has 0 unspecified atom stereocenters. The third-order valence-corrected chi connectivity index (χ3v) is 6.51. The van der Waals surface area contributed by atoms with E-state index in [-0.39, 0.29) is 43.6 Å². The largest absolute Gasteiger partial charge is 0.484 e. The molecular weight excluding hydrogens is 383 g/mol. The Morgan fingerprint density at radius 2 is 1.57 bits per heavy atom. The normalized spacial score (nSPS) is 15.5. The minimum atomic E-state index is -3.70. The van der Waals surface area contributed by atoms with Gasteiger partial charge in [-0.2, -0.15) is 4.31 Å². The van der Waals surface area contributed by atoms with E-state index in [2.05, 4.69) is 0 Å². The fourth-order valence-electron chi connectivity index (χ4n) is 3.19. The molecule has 0 atom stereocenters. The van der Waals surface area contributed by atoms with Crippen molar-refractivity contribution in [1.82, 2.24) is 9.21 Å². The second-order valence-electron chi connectivity index (χ2n) is 6.85. The molecule has 0 spiro atoms. The van der Waals surface area contributed by atoms with Crippen molar-refractivity contribution in [2.45, 2.75) is 18.7 Å². The first-order chi connectivity index (χ1) is 13.3. The number of amides is 1. The number of benzene rings is 2. The molecule has 150 valence electrons. The highest BCUT2D eigenvalue weighted by atomic mass is 32.2. The summed E-state index contributed by atoms with van der Waals surface area (Å²) in [5.41, 5.74) is 2.11. The first-order valence-electron chi connectivity index (χ1n) is 9.00. The summed E-state index contributed by atoms with van der Waals surface area (Å²) in [5.74, 6) is -0.0282. The SMILES string of the molecule is Cc1cc(C)cc(OCC(=O)N2CCN(S(=O)(=O)c3ccc(F)cc3)CC2)c1. The van der Waals surface area contributed by atoms with Crippen LogP contribution in [0, 0.1) is 19.7 Å². The Hall–Kier alpha value is -2.45. The minimum Gasteiger partial charge on any atom is -0.484 e. The summed E-state index contributed by atoms with van der Waals surface area (Å²) >= 11 is 0. The summed E-state index contributed by atoms with van der Waals surface area (Å²) in [7, 11) is -3.70. The zero-order valence-corrected chi connectivity index (χ0v) is 16.7. The number of rotatable bonds is 5. The molecule has 2 aromatic carbocycles. The molecule has 1 amide bonds. The Morgan fingerprint density at radius 3 is 2.14 bits per heavy atom. The van der Waals surface area contributed by atoms with E-state index in [1.54, 1.807) is 4.90 Å². The van der Waals surface area contributed by atoms with Gasteiger partial charge in [-0.25, -0.2) is 12.8 Å². The summed E-state index contributed by atoms with van der Waals surface area (Å²) in [6, 6.07) is 10.5. The van der Waals surface area contributed by atoms with Gasteiger partial charge < -0.3 is 9.64 Å². The Labute approximate surface area is 164 Å². The topological polar surface area (TPSA) is 66.9 Å². The maximum atomic E-state index is 13.0. The monoisotopic (exact) mass is 406 g/mol.